The van der Waals surface area contributed by atoms with Crippen LogP contribution in [0.2, 0.25) is 0 Å². The second-order valence-electron chi connectivity index (χ2n) is 5.45. The van der Waals surface area contributed by atoms with Gasteiger partial charge in [0.15, 0.2) is 0 Å². The first-order chi connectivity index (χ1) is 8.83. The van der Waals surface area contributed by atoms with E-state index >= 15 is 0 Å². The Morgan fingerprint density at radius 3 is 2.58 bits per heavy atom. The minimum absolute atomic E-state index is 0.0737. The number of carboxylic acids is 1. The minimum atomic E-state index is -2.95. The highest BCUT2D eigenvalue weighted by molar-refractivity contribution is 8.01. The van der Waals surface area contributed by atoms with Gasteiger partial charge in [0.1, 0.15) is 9.84 Å². The molecule has 1 aliphatic rings. The van der Waals surface area contributed by atoms with E-state index in [1.807, 2.05) is 0 Å². The van der Waals surface area contributed by atoms with Crippen LogP contribution in [-0.4, -0.2) is 42.5 Å². The van der Waals surface area contributed by atoms with Crippen LogP contribution in [0.25, 0.3) is 0 Å². The highest BCUT2D eigenvalue weighted by Gasteiger charge is 2.34. The molecule has 1 aliphatic carbocycles. The zero-order valence-corrected chi connectivity index (χ0v) is 13.3. The van der Waals surface area contributed by atoms with Crippen molar-refractivity contribution in [2.45, 2.75) is 44.3 Å². The molecule has 0 heterocycles. The van der Waals surface area contributed by atoms with E-state index in [4.69, 9.17) is 0 Å². The lowest BCUT2D eigenvalue weighted by Crippen LogP contribution is -2.33. The molecule has 3 unspecified atom stereocenters. The molecular weight excluding hydrogens is 284 g/mol. The van der Waals surface area contributed by atoms with Crippen LogP contribution in [0.3, 0.4) is 0 Å². The van der Waals surface area contributed by atoms with Gasteiger partial charge in [-0.05, 0) is 25.2 Å². The largest absolute Gasteiger partial charge is 0.481 e. The fourth-order valence-electron chi connectivity index (χ4n) is 2.70. The van der Waals surface area contributed by atoms with E-state index in [2.05, 4.69) is 6.92 Å². The van der Waals surface area contributed by atoms with E-state index in [9.17, 15) is 18.3 Å². The number of carboxylic acid groups (broad SMARTS) is 1. The monoisotopic (exact) mass is 308 g/mol. The first kappa shape index (κ1) is 16.8. The first-order valence-corrected chi connectivity index (χ1v) is 9.96. The standard InChI is InChI=1S/C13H24O4S2/c1-3-4-10-5-6-11(13(14)15)12(9-10)18-7-8-19(2,16)17/h10-12H,3-9H2,1-2H3,(H,14,15). The van der Waals surface area contributed by atoms with Crippen molar-refractivity contribution in [3.05, 3.63) is 0 Å². The summed E-state index contributed by atoms with van der Waals surface area (Å²) in [5.74, 6) is 0.214. The molecule has 1 saturated carbocycles. The van der Waals surface area contributed by atoms with E-state index in [1.165, 1.54) is 18.0 Å². The summed E-state index contributed by atoms with van der Waals surface area (Å²) in [6, 6.07) is 0. The number of aliphatic carboxylic acids is 1. The van der Waals surface area contributed by atoms with Gasteiger partial charge in [-0.15, -0.1) is 0 Å². The van der Waals surface area contributed by atoms with Crippen molar-refractivity contribution in [2.75, 3.05) is 17.8 Å². The highest BCUT2D eigenvalue weighted by atomic mass is 32.2. The Kier molecular flexibility index (Phi) is 6.66. The second kappa shape index (κ2) is 7.53. The van der Waals surface area contributed by atoms with Crippen molar-refractivity contribution in [1.82, 2.24) is 0 Å². The molecule has 3 atom stereocenters. The third-order valence-corrected chi connectivity index (χ3v) is 6.29. The Balaban J connectivity index is 2.54. The molecule has 1 rings (SSSR count). The van der Waals surface area contributed by atoms with Crippen molar-refractivity contribution in [3.63, 3.8) is 0 Å². The quantitative estimate of drug-likeness (QED) is 0.782. The second-order valence-corrected chi connectivity index (χ2v) is 9.06. The Morgan fingerprint density at radius 1 is 1.37 bits per heavy atom. The van der Waals surface area contributed by atoms with Crippen molar-refractivity contribution in [2.24, 2.45) is 11.8 Å². The molecule has 0 aromatic heterocycles. The Labute approximate surface area is 120 Å². The van der Waals surface area contributed by atoms with Crippen LogP contribution in [0.5, 0.6) is 0 Å². The highest BCUT2D eigenvalue weighted by Crippen LogP contribution is 2.38. The summed E-state index contributed by atoms with van der Waals surface area (Å²) in [5.41, 5.74) is 0. The summed E-state index contributed by atoms with van der Waals surface area (Å²) in [6.07, 6.45) is 6.14. The Hall–Kier alpha value is -0.230. The summed E-state index contributed by atoms with van der Waals surface area (Å²) < 4.78 is 22.3. The molecule has 19 heavy (non-hydrogen) atoms. The maximum Gasteiger partial charge on any atom is 0.307 e. The van der Waals surface area contributed by atoms with Gasteiger partial charge in [0, 0.05) is 17.3 Å². The molecule has 0 radical (unpaired) electrons. The first-order valence-electron chi connectivity index (χ1n) is 6.85. The predicted molar refractivity (Wildman–Crippen MR) is 79.3 cm³/mol. The maximum atomic E-state index is 11.3. The van der Waals surface area contributed by atoms with Gasteiger partial charge in [-0.1, -0.05) is 19.8 Å². The molecule has 112 valence electrons. The van der Waals surface area contributed by atoms with E-state index in [1.54, 1.807) is 0 Å². The molecular formula is C13H24O4S2. The van der Waals surface area contributed by atoms with Gasteiger partial charge in [-0.2, -0.15) is 11.8 Å². The Morgan fingerprint density at radius 2 is 2.05 bits per heavy atom. The fraction of sp³-hybridized carbons (Fsp3) is 0.923. The van der Waals surface area contributed by atoms with Gasteiger partial charge in [-0.3, -0.25) is 4.79 Å². The molecule has 0 spiro atoms. The van der Waals surface area contributed by atoms with Crippen molar-refractivity contribution in [1.29, 1.82) is 0 Å². The van der Waals surface area contributed by atoms with E-state index < -0.39 is 15.8 Å². The molecule has 0 bridgehead atoms. The topological polar surface area (TPSA) is 71.4 Å². The third-order valence-electron chi connectivity index (χ3n) is 3.70. The summed E-state index contributed by atoms with van der Waals surface area (Å²) in [5, 5.41) is 9.33. The van der Waals surface area contributed by atoms with Gasteiger partial charge in [0.05, 0.1) is 11.7 Å². The lowest BCUT2D eigenvalue weighted by Gasteiger charge is -2.33. The molecule has 0 aliphatic heterocycles. The van der Waals surface area contributed by atoms with E-state index in [-0.39, 0.29) is 16.9 Å². The fourth-order valence-corrected chi connectivity index (χ4v) is 5.49. The van der Waals surface area contributed by atoms with Gasteiger partial charge < -0.3 is 5.11 Å². The molecule has 0 amide bonds. The third kappa shape index (κ3) is 6.17. The van der Waals surface area contributed by atoms with Crippen LogP contribution < -0.4 is 0 Å². The summed E-state index contributed by atoms with van der Waals surface area (Å²) in [4.78, 5) is 11.3. The van der Waals surface area contributed by atoms with Gasteiger partial charge in [0.25, 0.3) is 0 Å². The summed E-state index contributed by atoms with van der Waals surface area (Å²) >= 11 is 1.53. The average molecular weight is 308 g/mol. The van der Waals surface area contributed by atoms with Crippen LogP contribution >= 0.6 is 11.8 Å². The number of thioether (sulfide) groups is 1. The number of carbonyl (C=O) groups is 1. The van der Waals surface area contributed by atoms with E-state index in [0.717, 1.165) is 32.1 Å². The zero-order valence-electron chi connectivity index (χ0n) is 11.7. The van der Waals surface area contributed by atoms with Crippen LogP contribution in [0.4, 0.5) is 0 Å². The minimum Gasteiger partial charge on any atom is -0.481 e. The summed E-state index contributed by atoms with van der Waals surface area (Å²) in [7, 11) is -2.95. The smallest absolute Gasteiger partial charge is 0.307 e. The van der Waals surface area contributed by atoms with Crippen LogP contribution in [0, 0.1) is 11.8 Å². The lowest BCUT2D eigenvalue weighted by molar-refractivity contribution is -0.142. The Bertz CT molecular complexity index is 391. The number of rotatable bonds is 7. The average Bonchev–Trinajstić information content (AvgIpc) is 2.27. The van der Waals surface area contributed by atoms with Gasteiger partial charge in [0.2, 0.25) is 0 Å². The van der Waals surface area contributed by atoms with Gasteiger partial charge in [-0.25, -0.2) is 8.42 Å². The predicted octanol–water partition coefficient (Wildman–Crippen LogP) is 2.43. The number of hydrogen-bond acceptors (Lipinski definition) is 4. The van der Waals surface area contributed by atoms with Gasteiger partial charge >= 0.3 is 5.97 Å². The molecule has 1 N–H and O–H groups in total. The summed E-state index contributed by atoms with van der Waals surface area (Å²) in [6.45, 7) is 2.15. The molecule has 1 fully saturated rings. The maximum absolute atomic E-state index is 11.3. The van der Waals surface area contributed by atoms with Crippen molar-refractivity contribution < 1.29 is 18.3 Å². The lowest BCUT2D eigenvalue weighted by atomic mass is 9.80. The van der Waals surface area contributed by atoms with Crippen molar-refractivity contribution in [3.8, 4) is 0 Å². The van der Waals surface area contributed by atoms with Crippen LogP contribution in [0.15, 0.2) is 0 Å². The number of hydrogen-bond donors (Lipinski definition) is 1. The van der Waals surface area contributed by atoms with E-state index in [0.29, 0.717) is 11.7 Å². The SMILES string of the molecule is CCCC1CCC(C(=O)O)C(SCCS(C)(=O)=O)C1. The molecule has 0 aromatic carbocycles. The normalized spacial score (nSPS) is 28.2. The van der Waals surface area contributed by atoms with Crippen molar-refractivity contribution >= 4 is 27.6 Å². The molecule has 0 saturated heterocycles. The van der Waals surface area contributed by atoms with Crippen LogP contribution in [0.1, 0.15) is 39.0 Å². The molecule has 6 heteroatoms. The molecule has 0 aromatic rings. The number of sulfone groups is 1. The van der Waals surface area contributed by atoms with Crippen LogP contribution in [-0.2, 0) is 14.6 Å². The zero-order chi connectivity index (χ0) is 14.5. The molecule has 4 nitrogen and oxygen atoms in total.